The molecular weight excluding hydrogens is 232 g/mol. The topological polar surface area (TPSA) is 69.6 Å². The van der Waals surface area contributed by atoms with E-state index in [-0.39, 0.29) is 29.8 Å². The SMILES string of the molecule is CC(C)N(CC(=O)O)C(=O)C1CC12CCNCC2. The summed E-state index contributed by atoms with van der Waals surface area (Å²) in [5.74, 6) is -0.840. The predicted molar refractivity (Wildman–Crippen MR) is 67.1 cm³/mol. The van der Waals surface area contributed by atoms with Gasteiger partial charge in [-0.05, 0) is 51.6 Å². The number of rotatable bonds is 4. The van der Waals surface area contributed by atoms with Crippen molar-refractivity contribution >= 4 is 11.9 Å². The molecule has 0 bridgehead atoms. The third kappa shape index (κ3) is 2.51. The highest BCUT2D eigenvalue weighted by Crippen LogP contribution is 2.59. The number of nitrogens with zero attached hydrogens (tertiary/aromatic N) is 1. The summed E-state index contributed by atoms with van der Waals surface area (Å²) in [4.78, 5) is 24.7. The van der Waals surface area contributed by atoms with Gasteiger partial charge in [0, 0.05) is 12.0 Å². The monoisotopic (exact) mass is 254 g/mol. The number of nitrogens with one attached hydrogen (secondary N) is 1. The number of carbonyl (C=O) groups is 2. The molecule has 102 valence electrons. The molecule has 1 atom stereocenters. The smallest absolute Gasteiger partial charge is 0.323 e. The standard InChI is InChI=1S/C13H22N2O3/c1-9(2)15(8-11(16)17)12(18)10-7-13(10)3-5-14-6-4-13/h9-10,14H,3-8H2,1-2H3,(H,16,17). The van der Waals surface area contributed by atoms with E-state index in [1.807, 2.05) is 13.8 Å². The number of aliphatic carboxylic acids is 1. The second-order valence-corrected chi connectivity index (χ2v) is 5.82. The third-order valence-electron chi connectivity index (χ3n) is 4.30. The van der Waals surface area contributed by atoms with Crippen molar-refractivity contribution in [2.45, 2.75) is 39.2 Å². The first-order valence-electron chi connectivity index (χ1n) is 6.69. The van der Waals surface area contributed by atoms with E-state index >= 15 is 0 Å². The number of piperidine rings is 1. The van der Waals surface area contributed by atoms with Crippen molar-refractivity contribution < 1.29 is 14.7 Å². The molecule has 1 aliphatic heterocycles. The number of amides is 1. The van der Waals surface area contributed by atoms with Gasteiger partial charge >= 0.3 is 5.97 Å². The lowest BCUT2D eigenvalue weighted by Crippen LogP contribution is -2.43. The molecule has 1 amide bonds. The average Bonchev–Trinajstić information content (AvgIpc) is 2.99. The van der Waals surface area contributed by atoms with Crippen molar-refractivity contribution in [2.24, 2.45) is 11.3 Å². The normalized spacial score (nSPS) is 25.2. The maximum absolute atomic E-state index is 12.4. The van der Waals surface area contributed by atoms with Crippen molar-refractivity contribution in [2.75, 3.05) is 19.6 Å². The average molecular weight is 254 g/mol. The van der Waals surface area contributed by atoms with Gasteiger partial charge in [-0.1, -0.05) is 0 Å². The van der Waals surface area contributed by atoms with Gasteiger partial charge in [0.05, 0.1) is 0 Å². The Balaban J connectivity index is 2.00. The van der Waals surface area contributed by atoms with Gasteiger partial charge in [0.25, 0.3) is 0 Å². The van der Waals surface area contributed by atoms with Gasteiger partial charge in [0.1, 0.15) is 6.54 Å². The van der Waals surface area contributed by atoms with Gasteiger partial charge in [-0.15, -0.1) is 0 Å². The number of hydrogen-bond acceptors (Lipinski definition) is 3. The van der Waals surface area contributed by atoms with Crippen molar-refractivity contribution in [1.29, 1.82) is 0 Å². The molecule has 5 heteroatoms. The van der Waals surface area contributed by atoms with Crippen LogP contribution in [0, 0.1) is 11.3 Å². The predicted octanol–water partition coefficient (Wildman–Crippen LogP) is 0.698. The van der Waals surface area contributed by atoms with Crippen LogP contribution in [0.3, 0.4) is 0 Å². The lowest BCUT2D eigenvalue weighted by atomic mass is 9.91. The molecule has 5 nitrogen and oxygen atoms in total. The van der Waals surface area contributed by atoms with Crippen molar-refractivity contribution in [3.05, 3.63) is 0 Å². The summed E-state index contributed by atoms with van der Waals surface area (Å²) in [6.45, 7) is 5.52. The van der Waals surface area contributed by atoms with Gasteiger partial charge in [0.2, 0.25) is 5.91 Å². The minimum absolute atomic E-state index is 0.0364. The molecule has 1 saturated heterocycles. The van der Waals surface area contributed by atoms with Crippen LogP contribution in [-0.2, 0) is 9.59 Å². The Kier molecular flexibility index (Phi) is 3.61. The molecule has 18 heavy (non-hydrogen) atoms. The summed E-state index contributed by atoms with van der Waals surface area (Å²) in [5, 5.41) is 12.2. The molecule has 1 aliphatic carbocycles. The van der Waals surface area contributed by atoms with Gasteiger partial charge in [0.15, 0.2) is 0 Å². The van der Waals surface area contributed by atoms with Crippen LogP contribution in [0.15, 0.2) is 0 Å². The number of carboxylic acids is 1. The van der Waals surface area contributed by atoms with Crippen molar-refractivity contribution in [3.63, 3.8) is 0 Å². The molecule has 1 heterocycles. The summed E-state index contributed by atoms with van der Waals surface area (Å²) >= 11 is 0. The molecule has 1 saturated carbocycles. The Bertz CT molecular complexity index is 348. The van der Waals surface area contributed by atoms with Gasteiger partial charge < -0.3 is 15.3 Å². The quantitative estimate of drug-likeness (QED) is 0.774. The molecular formula is C13H22N2O3. The minimum Gasteiger partial charge on any atom is -0.480 e. The molecule has 0 aromatic carbocycles. The molecule has 0 aromatic rings. The van der Waals surface area contributed by atoms with Crippen LogP contribution in [0.5, 0.6) is 0 Å². The second-order valence-electron chi connectivity index (χ2n) is 5.82. The van der Waals surface area contributed by atoms with Crippen LogP contribution in [-0.4, -0.2) is 47.6 Å². The van der Waals surface area contributed by atoms with Gasteiger partial charge in [-0.25, -0.2) is 0 Å². The lowest BCUT2D eigenvalue weighted by Gasteiger charge is -2.28. The summed E-state index contributed by atoms with van der Waals surface area (Å²) in [6, 6.07) is -0.0482. The van der Waals surface area contributed by atoms with Crippen LogP contribution in [0.25, 0.3) is 0 Å². The van der Waals surface area contributed by atoms with E-state index < -0.39 is 5.97 Å². The van der Waals surface area contributed by atoms with Crippen LogP contribution in [0.1, 0.15) is 33.1 Å². The van der Waals surface area contributed by atoms with Crippen LogP contribution < -0.4 is 5.32 Å². The highest BCUT2D eigenvalue weighted by molar-refractivity contribution is 5.86. The Morgan fingerprint density at radius 2 is 2.00 bits per heavy atom. The first-order valence-corrected chi connectivity index (χ1v) is 6.69. The number of carboxylic acid groups (broad SMARTS) is 1. The van der Waals surface area contributed by atoms with Crippen molar-refractivity contribution in [1.82, 2.24) is 10.2 Å². The van der Waals surface area contributed by atoms with E-state index in [1.165, 1.54) is 4.90 Å². The maximum atomic E-state index is 12.4. The zero-order valence-corrected chi connectivity index (χ0v) is 11.1. The van der Waals surface area contributed by atoms with Crippen LogP contribution >= 0.6 is 0 Å². The summed E-state index contributed by atoms with van der Waals surface area (Å²) in [7, 11) is 0. The Hall–Kier alpha value is -1.10. The molecule has 0 radical (unpaired) electrons. The van der Waals surface area contributed by atoms with Crippen LogP contribution in [0.2, 0.25) is 0 Å². The number of carbonyl (C=O) groups excluding carboxylic acids is 1. The first kappa shape index (κ1) is 13.3. The fourth-order valence-corrected chi connectivity index (χ4v) is 3.03. The van der Waals surface area contributed by atoms with E-state index in [2.05, 4.69) is 5.32 Å². The maximum Gasteiger partial charge on any atom is 0.323 e. The summed E-state index contributed by atoms with van der Waals surface area (Å²) in [6.07, 6.45) is 3.03. The van der Waals surface area contributed by atoms with Gasteiger partial charge in [-0.2, -0.15) is 0 Å². The third-order valence-corrected chi connectivity index (χ3v) is 4.30. The van der Waals surface area contributed by atoms with E-state index in [1.54, 1.807) is 0 Å². The molecule has 2 rings (SSSR count). The molecule has 2 fully saturated rings. The number of hydrogen-bond donors (Lipinski definition) is 2. The largest absolute Gasteiger partial charge is 0.480 e. The summed E-state index contributed by atoms with van der Waals surface area (Å²) < 4.78 is 0. The van der Waals surface area contributed by atoms with Gasteiger partial charge in [-0.3, -0.25) is 9.59 Å². The highest BCUT2D eigenvalue weighted by Gasteiger charge is 2.58. The second kappa shape index (κ2) is 4.88. The molecule has 0 aromatic heterocycles. The molecule has 1 unspecified atom stereocenters. The van der Waals surface area contributed by atoms with E-state index in [4.69, 9.17) is 5.11 Å². The minimum atomic E-state index is -0.933. The molecule has 1 spiro atoms. The van der Waals surface area contributed by atoms with E-state index in [0.29, 0.717) is 0 Å². The Morgan fingerprint density at radius 1 is 1.39 bits per heavy atom. The Morgan fingerprint density at radius 3 is 2.50 bits per heavy atom. The first-order chi connectivity index (χ1) is 8.46. The molecule has 2 aliphatic rings. The fraction of sp³-hybridized carbons (Fsp3) is 0.846. The highest BCUT2D eigenvalue weighted by atomic mass is 16.4. The van der Waals surface area contributed by atoms with E-state index in [9.17, 15) is 9.59 Å². The van der Waals surface area contributed by atoms with Crippen molar-refractivity contribution in [3.8, 4) is 0 Å². The zero-order valence-electron chi connectivity index (χ0n) is 11.1. The van der Waals surface area contributed by atoms with E-state index in [0.717, 1.165) is 32.4 Å². The molecule has 2 N–H and O–H groups in total. The fourth-order valence-electron chi connectivity index (χ4n) is 3.03. The zero-order chi connectivity index (χ0) is 13.3. The summed E-state index contributed by atoms with van der Waals surface area (Å²) in [5.41, 5.74) is 0.175. The van der Waals surface area contributed by atoms with Crippen LogP contribution in [0.4, 0.5) is 0 Å². The Labute approximate surface area is 108 Å². The lowest BCUT2D eigenvalue weighted by molar-refractivity contribution is -0.146.